The van der Waals surface area contributed by atoms with Crippen molar-refractivity contribution >= 4 is 16.9 Å². The number of carboxylic acid groups (broad SMARTS) is 1. The summed E-state index contributed by atoms with van der Waals surface area (Å²) in [5.41, 5.74) is 0.577. The second kappa shape index (κ2) is 3.96. The minimum Gasteiger partial charge on any atom is -0.481 e. The van der Waals surface area contributed by atoms with Crippen LogP contribution in [0, 0.1) is 5.82 Å². The first-order valence-corrected chi connectivity index (χ1v) is 4.97. The molecule has 0 saturated heterocycles. The van der Waals surface area contributed by atoms with Gasteiger partial charge in [-0.15, -0.1) is 0 Å². The zero-order valence-electron chi connectivity index (χ0n) is 8.74. The normalized spacial score (nSPS) is 12.9. The van der Waals surface area contributed by atoms with Crippen molar-refractivity contribution in [2.24, 2.45) is 0 Å². The lowest BCUT2D eigenvalue weighted by atomic mass is 10.1. The number of furan rings is 1. The van der Waals surface area contributed by atoms with Gasteiger partial charge in [0, 0.05) is 11.3 Å². The molecule has 1 aromatic carbocycles. The maximum Gasteiger partial charge on any atom is 0.304 e. The molecule has 0 aliphatic rings. The first-order valence-electron chi connectivity index (χ1n) is 4.97. The molecule has 0 amide bonds. The molecule has 1 aromatic heterocycles. The molecule has 1 unspecified atom stereocenters. The third-order valence-corrected chi connectivity index (χ3v) is 2.46. The van der Waals surface area contributed by atoms with E-state index in [1.165, 1.54) is 12.1 Å². The van der Waals surface area contributed by atoms with E-state index in [-0.39, 0.29) is 18.2 Å². The van der Waals surface area contributed by atoms with E-state index in [4.69, 9.17) is 9.52 Å². The van der Waals surface area contributed by atoms with Crippen LogP contribution >= 0.6 is 0 Å². The fourth-order valence-corrected chi connectivity index (χ4v) is 1.64. The maximum atomic E-state index is 12.9. The van der Waals surface area contributed by atoms with E-state index in [2.05, 4.69) is 0 Å². The van der Waals surface area contributed by atoms with E-state index in [1.54, 1.807) is 19.1 Å². The van der Waals surface area contributed by atoms with Crippen molar-refractivity contribution in [2.45, 2.75) is 19.3 Å². The number of benzene rings is 1. The summed E-state index contributed by atoms with van der Waals surface area (Å²) in [4.78, 5) is 10.6. The summed E-state index contributed by atoms with van der Waals surface area (Å²) < 4.78 is 18.4. The summed E-state index contributed by atoms with van der Waals surface area (Å²) in [6.45, 7) is 1.77. The molecule has 0 spiro atoms. The van der Waals surface area contributed by atoms with Crippen molar-refractivity contribution in [1.82, 2.24) is 0 Å². The van der Waals surface area contributed by atoms with Crippen LogP contribution in [0.1, 0.15) is 25.0 Å². The molecule has 1 N–H and O–H groups in total. The van der Waals surface area contributed by atoms with Crippen molar-refractivity contribution in [3.63, 3.8) is 0 Å². The molecule has 0 radical (unpaired) electrons. The maximum absolute atomic E-state index is 12.9. The largest absolute Gasteiger partial charge is 0.481 e. The predicted octanol–water partition coefficient (Wildman–Crippen LogP) is 3.15. The highest BCUT2D eigenvalue weighted by atomic mass is 19.1. The van der Waals surface area contributed by atoms with Gasteiger partial charge in [-0.2, -0.15) is 0 Å². The lowest BCUT2D eigenvalue weighted by Gasteiger charge is -2.02. The first-order chi connectivity index (χ1) is 7.56. The smallest absolute Gasteiger partial charge is 0.304 e. The third kappa shape index (κ3) is 2.05. The highest BCUT2D eigenvalue weighted by molar-refractivity contribution is 5.78. The van der Waals surface area contributed by atoms with Gasteiger partial charge in [0.05, 0.1) is 6.42 Å². The Morgan fingerprint density at radius 1 is 1.50 bits per heavy atom. The topological polar surface area (TPSA) is 50.4 Å². The molecular formula is C12H11FO3. The quantitative estimate of drug-likeness (QED) is 0.867. The Hall–Kier alpha value is -1.84. The Kier molecular flexibility index (Phi) is 2.64. The second-order valence-corrected chi connectivity index (χ2v) is 3.83. The Labute approximate surface area is 91.5 Å². The van der Waals surface area contributed by atoms with Gasteiger partial charge in [-0.25, -0.2) is 4.39 Å². The van der Waals surface area contributed by atoms with E-state index in [0.717, 1.165) is 0 Å². The van der Waals surface area contributed by atoms with Crippen molar-refractivity contribution in [1.29, 1.82) is 0 Å². The molecule has 4 heteroatoms. The molecule has 3 nitrogen and oxygen atoms in total. The van der Waals surface area contributed by atoms with Crippen LogP contribution in [0.3, 0.4) is 0 Å². The molecule has 16 heavy (non-hydrogen) atoms. The number of aliphatic carboxylic acids is 1. The van der Waals surface area contributed by atoms with Gasteiger partial charge < -0.3 is 9.52 Å². The highest BCUT2D eigenvalue weighted by Crippen LogP contribution is 2.27. The minimum atomic E-state index is -0.876. The van der Waals surface area contributed by atoms with Gasteiger partial charge in [0.1, 0.15) is 17.2 Å². The number of carboxylic acids is 1. The lowest BCUT2D eigenvalue weighted by Crippen LogP contribution is -2.01. The molecule has 0 bridgehead atoms. The lowest BCUT2D eigenvalue weighted by molar-refractivity contribution is -0.137. The average Bonchev–Trinajstić information content (AvgIpc) is 2.59. The average molecular weight is 222 g/mol. The SMILES string of the molecule is CC(CC(=O)O)c1cc2cc(F)ccc2o1. The molecule has 0 fully saturated rings. The Morgan fingerprint density at radius 3 is 2.94 bits per heavy atom. The van der Waals surface area contributed by atoms with Crippen LogP contribution in [0.25, 0.3) is 11.0 Å². The number of carbonyl (C=O) groups is 1. The summed E-state index contributed by atoms with van der Waals surface area (Å²) in [6, 6.07) is 5.92. The van der Waals surface area contributed by atoms with Crippen LogP contribution in [0.4, 0.5) is 4.39 Å². The van der Waals surface area contributed by atoms with Gasteiger partial charge in [-0.3, -0.25) is 4.79 Å². The molecular weight excluding hydrogens is 211 g/mol. The Bertz CT molecular complexity index is 530. The standard InChI is InChI=1S/C12H11FO3/c1-7(4-12(14)15)11-6-8-5-9(13)2-3-10(8)16-11/h2-3,5-7H,4H2,1H3,(H,14,15). The monoisotopic (exact) mass is 222 g/mol. The van der Waals surface area contributed by atoms with Crippen LogP contribution < -0.4 is 0 Å². The molecule has 84 valence electrons. The van der Waals surface area contributed by atoms with Crippen molar-refractivity contribution in [3.05, 3.63) is 35.8 Å². The van der Waals surface area contributed by atoms with Crippen LogP contribution in [0.15, 0.2) is 28.7 Å². The van der Waals surface area contributed by atoms with E-state index in [0.29, 0.717) is 16.7 Å². The minimum absolute atomic E-state index is 0.00229. The van der Waals surface area contributed by atoms with Crippen LogP contribution in [0.2, 0.25) is 0 Å². The van der Waals surface area contributed by atoms with Gasteiger partial charge in [0.2, 0.25) is 0 Å². The van der Waals surface area contributed by atoms with Gasteiger partial charge in [-0.1, -0.05) is 6.92 Å². The van der Waals surface area contributed by atoms with E-state index < -0.39 is 5.97 Å². The molecule has 1 atom stereocenters. The van der Waals surface area contributed by atoms with Gasteiger partial charge >= 0.3 is 5.97 Å². The van der Waals surface area contributed by atoms with E-state index in [1.807, 2.05) is 0 Å². The summed E-state index contributed by atoms with van der Waals surface area (Å²) >= 11 is 0. The van der Waals surface area contributed by atoms with Crippen LogP contribution in [-0.2, 0) is 4.79 Å². The zero-order chi connectivity index (χ0) is 11.7. The Balaban J connectivity index is 2.35. The summed E-state index contributed by atoms with van der Waals surface area (Å²) in [6.07, 6.45) is 0.00229. The van der Waals surface area contributed by atoms with E-state index in [9.17, 15) is 9.18 Å². The molecule has 2 rings (SSSR count). The molecule has 0 saturated carbocycles. The number of hydrogen-bond donors (Lipinski definition) is 1. The highest BCUT2D eigenvalue weighted by Gasteiger charge is 2.15. The fourth-order valence-electron chi connectivity index (χ4n) is 1.64. The van der Waals surface area contributed by atoms with Crippen molar-refractivity contribution in [2.75, 3.05) is 0 Å². The van der Waals surface area contributed by atoms with Gasteiger partial charge in [-0.05, 0) is 24.3 Å². The number of hydrogen-bond acceptors (Lipinski definition) is 2. The second-order valence-electron chi connectivity index (χ2n) is 3.83. The van der Waals surface area contributed by atoms with Crippen LogP contribution in [0.5, 0.6) is 0 Å². The molecule has 0 aliphatic heterocycles. The van der Waals surface area contributed by atoms with Crippen molar-refractivity contribution in [3.8, 4) is 0 Å². The molecule has 0 aliphatic carbocycles. The van der Waals surface area contributed by atoms with Crippen LogP contribution in [-0.4, -0.2) is 11.1 Å². The summed E-state index contributed by atoms with van der Waals surface area (Å²) in [7, 11) is 0. The Morgan fingerprint density at radius 2 is 2.25 bits per heavy atom. The van der Waals surface area contributed by atoms with E-state index >= 15 is 0 Å². The fraction of sp³-hybridized carbons (Fsp3) is 0.250. The number of fused-ring (bicyclic) bond motifs is 1. The summed E-state index contributed by atoms with van der Waals surface area (Å²) in [5, 5.41) is 9.32. The van der Waals surface area contributed by atoms with Gasteiger partial charge in [0.15, 0.2) is 0 Å². The predicted molar refractivity (Wildman–Crippen MR) is 56.8 cm³/mol. The van der Waals surface area contributed by atoms with Crippen molar-refractivity contribution < 1.29 is 18.7 Å². The molecule has 2 aromatic rings. The number of halogens is 1. The first kappa shape index (κ1) is 10.7. The summed E-state index contributed by atoms with van der Waals surface area (Å²) in [5.74, 6) is -0.846. The zero-order valence-corrected chi connectivity index (χ0v) is 8.74. The molecule has 1 heterocycles. The number of rotatable bonds is 3. The third-order valence-electron chi connectivity index (χ3n) is 2.46. The van der Waals surface area contributed by atoms with Gasteiger partial charge in [0.25, 0.3) is 0 Å².